The normalized spacial score (nSPS) is 11.7. The lowest BCUT2D eigenvalue weighted by molar-refractivity contribution is 0.669. The minimum atomic E-state index is 0.874. The fraction of sp³-hybridized carbons (Fsp3) is 0. The van der Waals surface area contributed by atoms with Gasteiger partial charge in [-0.1, -0.05) is 127 Å². The van der Waals surface area contributed by atoms with Gasteiger partial charge in [0.25, 0.3) is 0 Å². The number of furan rings is 1. The zero-order valence-corrected chi connectivity index (χ0v) is 27.3. The summed E-state index contributed by atoms with van der Waals surface area (Å²) in [6.45, 7) is 0. The molecule has 0 saturated heterocycles. The first-order chi connectivity index (χ1) is 24.3. The first-order valence-corrected chi connectivity index (χ1v) is 17.4. The van der Waals surface area contributed by atoms with Gasteiger partial charge < -0.3 is 9.32 Å². The number of hydrogen-bond donors (Lipinski definition) is 0. The van der Waals surface area contributed by atoms with E-state index in [9.17, 15) is 0 Å². The van der Waals surface area contributed by atoms with E-state index >= 15 is 0 Å². The van der Waals surface area contributed by atoms with Gasteiger partial charge in [-0.05, 0) is 81.6 Å². The molecule has 0 radical (unpaired) electrons. The summed E-state index contributed by atoms with van der Waals surface area (Å²) in [5.74, 6) is 0. The summed E-state index contributed by atoms with van der Waals surface area (Å²) in [4.78, 5) is 2.41. The number of thiophene rings is 1. The molecule has 0 spiro atoms. The van der Waals surface area contributed by atoms with Crippen molar-refractivity contribution in [2.24, 2.45) is 0 Å². The van der Waals surface area contributed by atoms with Crippen molar-refractivity contribution >= 4 is 81.3 Å². The maximum Gasteiger partial charge on any atom is 0.160 e. The Bertz CT molecular complexity index is 2830. The van der Waals surface area contributed by atoms with Gasteiger partial charge in [-0.25, -0.2) is 0 Å². The van der Waals surface area contributed by atoms with Crippen LogP contribution in [0.4, 0.5) is 17.1 Å². The molecule has 0 aliphatic rings. The van der Waals surface area contributed by atoms with Gasteiger partial charge >= 0.3 is 0 Å². The third kappa shape index (κ3) is 4.55. The van der Waals surface area contributed by atoms with Crippen LogP contribution in [-0.2, 0) is 0 Å². The fourth-order valence-electron chi connectivity index (χ4n) is 7.38. The number of rotatable bonds is 5. The highest BCUT2D eigenvalue weighted by atomic mass is 32.1. The van der Waals surface area contributed by atoms with Crippen LogP contribution in [0.15, 0.2) is 180 Å². The number of nitrogens with zero attached hydrogens (tertiary/aromatic N) is 1. The molecule has 230 valence electrons. The number of fused-ring (bicyclic) bond motifs is 7. The zero-order valence-electron chi connectivity index (χ0n) is 26.5. The Morgan fingerprint density at radius 1 is 0.429 bits per heavy atom. The lowest BCUT2D eigenvalue weighted by Gasteiger charge is -2.27. The van der Waals surface area contributed by atoms with Crippen LogP contribution in [0, 0.1) is 0 Å². The summed E-state index contributed by atoms with van der Waals surface area (Å²) < 4.78 is 9.41. The van der Waals surface area contributed by atoms with Crippen LogP contribution in [0.3, 0.4) is 0 Å². The maximum atomic E-state index is 6.86. The Hall–Kier alpha value is -6.16. The summed E-state index contributed by atoms with van der Waals surface area (Å²) in [7, 11) is 0. The summed E-state index contributed by atoms with van der Waals surface area (Å²) in [5, 5.41) is 7.14. The highest BCUT2D eigenvalue weighted by molar-refractivity contribution is 7.26. The predicted molar refractivity (Wildman–Crippen MR) is 210 cm³/mol. The molecule has 10 aromatic rings. The molecule has 10 rings (SSSR count). The standard InChI is InChI=1S/C46H29NOS/c1-3-12-30(13-4-1)32-22-23-34-29-35(25-24-33(34)28-32)47(39-18-11-21-43-45(39)38-17-8-10-20-42(38)49-43)40-27-26-36(31-14-5-2-6-15-31)44-37-16-7-9-19-41(37)48-46(40)44/h1-29H. The van der Waals surface area contributed by atoms with Crippen molar-refractivity contribution in [3.8, 4) is 22.3 Å². The van der Waals surface area contributed by atoms with E-state index in [-0.39, 0.29) is 0 Å². The quantitative estimate of drug-likeness (QED) is 0.186. The van der Waals surface area contributed by atoms with Crippen LogP contribution in [0.2, 0.25) is 0 Å². The van der Waals surface area contributed by atoms with E-state index in [1.165, 1.54) is 47.6 Å². The van der Waals surface area contributed by atoms with Gasteiger partial charge in [0.2, 0.25) is 0 Å². The van der Waals surface area contributed by atoms with Crippen molar-refractivity contribution < 1.29 is 4.42 Å². The molecule has 2 aromatic heterocycles. The molecule has 49 heavy (non-hydrogen) atoms. The third-order valence-corrected chi connectivity index (χ3v) is 10.8. The van der Waals surface area contributed by atoms with Crippen molar-refractivity contribution in [3.05, 3.63) is 176 Å². The molecular weight excluding hydrogens is 615 g/mol. The van der Waals surface area contributed by atoms with Crippen LogP contribution in [0.1, 0.15) is 0 Å². The molecule has 0 bridgehead atoms. The number of para-hydroxylation sites is 1. The minimum absolute atomic E-state index is 0.874. The molecule has 8 aromatic carbocycles. The predicted octanol–water partition coefficient (Wildman–Crippen LogP) is 13.9. The molecule has 0 atom stereocenters. The molecule has 0 saturated carbocycles. The Balaban J connectivity index is 1.27. The monoisotopic (exact) mass is 643 g/mol. The summed E-state index contributed by atoms with van der Waals surface area (Å²) in [5.41, 5.74) is 9.74. The fourth-order valence-corrected chi connectivity index (χ4v) is 8.51. The molecular formula is C46H29NOS. The van der Waals surface area contributed by atoms with Gasteiger partial charge in [0.15, 0.2) is 5.58 Å². The molecule has 0 amide bonds. The van der Waals surface area contributed by atoms with E-state index < -0.39 is 0 Å². The summed E-state index contributed by atoms with van der Waals surface area (Å²) in [6, 6.07) is 63.1. The van der Waals surface area contributed by atoms with Crippen LogP contribution in [0.5, 0.6) is 0 Å². The van der Waals surface area contributed by atoms with E-state index in [0.29, 0.717) is 0 Å². The maximum absolute atomic E-state index is 6.86. The van der Waals surface area contributed by atoms with E-state index in [1.807, 2.05) is 11.3 Å². The molecule has 3 heteroatoms. The lowest BCUT2D eigenvalue weighted by atomic mass is 9.97. The molecule has 2 nitrogen and oxygen atoms in total. The van der Waals surface area contributed by atoms with Crippen LogP contribution < -0.4 is 4.90 Å². The highest BCUT2D eigenvalue weighted by Gasteiger charge is 2.24. The van der Waals surface area contributed by atoms with Crippen LogP contribution >= 0.6 is 11.3 Å². The van der Waals surface area contributed by atoms with Crippen LogP contribution in [0.25, 0.3) is 75.1 Å². The Kier molecular flexibility index (Phi) is 6.39. The third-order valence-electron chi connectivity index (χ3n) is 9.64. The topological polar surface area (TPSA) is 16.4 Å². The highest BCUT2D eigenvalue weighted by Crippen LogP contribution is 2.49. The van der Waals surface area contributed by atoms with Gasteiger partial charge in [0.05, 0.1) is 11.4 Å². The molecule has 0 fully saturated rings. The van der Waals surface area contributed by atoms with Gasteiger partial charge in [0, 0.05) is 36.6 Å². The number of benzene rings is 8. The van der Waals surface area contributed by atoms with Gasteiger partial charge in [-0.2, -0.15) is 0 Å². The molecule has 0 N–H and O–H groups in total. The van der Waals surface area contributed by atoms with Gasteiger partial charge in [-0.3, -0.25) is 0 Å². The first-order valence-electron chi connectivity index (χ1n) is 16.6. The SMILES string of the molecule is c1ccc(-c2ccc3cc(N(c4ccc(-c5ccccc5)c5c4oc4ccccc45)c4cccc5sc6ccccc6c45)ccc3c2)cc1. The average molecular weight is 644 g/mol. The first kappa shape index (κ1) is 27.9. The second kappa shape index (κ2) is 11.2. The van der Waals surface area contributed by atoms with Crippen molar-refractivity contribution in [2.45, 2.75) is 0 Å². The van der Waals surface area contributed by atoms with E-state index in [0.717, 1.165) is 44.6 Å². The van der Waals surface area contributed by atoms with Crippen molar-refractivity contribution in [1.82, 2.24) is 0 Å². The molecule has 0 unspecified atom stereocenters. The van der Waals surface area contributed by atoms with Crippen molar-refractivity contribution in [2.75, 3.05) is 4.90 Å². The Morgan fingerprint density at radius 2 is 1.12 bits per heavy atom. The van der Waals surface area contributed by atoms with E-state index in [2.05, 4.69) is 181 Å². The second-order valence-corrected chi connectivity index (χ2v) is 13.6. The second-order valence-electron chi connectivity index (χ2n) is 12.5. The van der Waals surface area contributed by atoms with Crippen LogP contribution in [-0.4, -0.2) is 0 Å². The largest absolute Gasteiger partial charge is 0.454 e. The Morgan fingerprint density at radius 3 is 1.98 bits per heavy atom. The number of anilines is 3. The summed E-state index contributed by atoms with van der Waals surface area (Å²) in [6.07, 6.45) is 0. The van der Waals surface area contributed by atoms with Gasteiger partial charge in [0.1, 0.15) is 5.58 Å². The molecule has 0 aliphatic carbocycles. The minimum Gasteiger partial charge on any atom is -0.454 e. The molecule has 2 heterocycles. The molecule has 0 aliphatic heterocycles. The zero-order chi connectivity index (χ0) is 32.3. The van der Waals surface area contributed by atoms with Gasteiger partial charge in [-0.15, -0.1) is 11.3 Å². The van der Waals surface area contributed by atoms with Crippen molar-refractivity contribution in [3.63, 3.8) is 0 Å². The van der Waals surface area contributed by atoms with E-state index in [4.69, 9.17) is 4.42 Å². The smallest absolute Gasteiger partial charge is 0.160 e. The van der Waals surface area contributed by atoms with E-state index in [1.54, 1.807) is 0 Å². The average Bonchev–Trinajstić information content (AvgIpc) is 3.75. The number of hydrogen-bond acceptors (Lipinski definition) is 3. The summed E-state index contributed by atoms with van der Waals surface area (Å²) >= 11 is 1.84. The Labute approximate surface area is 287 Å². The van der Waals surface area contributed by atoms with Crippen molar-refractivity contribution in [1.29, 1.82) is 0 Å². The lowest BCUT2D eigenvalue weighted by Crippen LogP contribution is -2.11.